The van der Waals surface area contributed by atoms with Gasteiger partial charge in [-0.1, -0.05) is 75.7 Å². The van der Waals surface area contributed by atoms with Crippen LogP contribution in [0.4, 0.5) is 0 Å². The van der Waals surface area contributed by atoms with Crippen molar-refractivity contribution in [3.05, 3.63) is 121 Å². The molecule has 8 aromatic rings. The van der Waals surface area contributed by atoms with Gasteiger partial charge < -0.3 is 18.8 Å². The molecule has 0 aliphatic heterocycles. The summed E-state index contributed by atoms with van der Waals surface area (Å²) >= 11 is 0. The van der Waals surface area contributed by atoms with Gasteiger partial charge in [0.25, 0.3) is 0 Å². The zero-order valence-corrected chi connectivity index (χ0v) is 34.6. The molecule has 4 nitrogen and oxygen atoms in total. The number of hydrogen-bond acceptors (Lipinski definition) is 4. The van der Waals surface area contributed by atoms with Gasteiger partial charge >= 0.3 is 0 Å². The number of benzene rings is 4. The standard InChI is InChI=1S/2C20H18NOSi.2Ir/c1-23(2,3)18-13-16-15-11-7-8-12-17(15)22-20(16)19(21-18)14-9-5-4-6-10-14;1-23(2,3)17-13-21-19(14-9-5-4-6-10-14)20-18(17)15-11-7-8-12-16(15)22-20;;/h2*4-9,11-13H,1-3H3;;/q2*-1;;. The molecule has 2 radical (unpaired) electrons. The van der Waals surface area contributed by atoms with E-state index in [4.69, 9.17) is 18.8 Å². The van der Waals surface area contributed by atoms with E-state index in [2.05, 4.69) is 81.7 Å². The number of hydrogen-bond donors (Lipinski definition) is 0. The molecule has 0 bridgehead atoms. The van der Waals surface area contributed by atoms with Crippen LogP contribution in [-0.4, -0.2) is 26.1 Å². The van der Waals surface area contributed by atoms with E-state index in [0.717, 1.165) is 55.6 Å². The van der Waals surface area contributed by atoms with Gasteiger partial charge in [-0.2, -0.15) is 0 Å². The fraction of sp³-hybridized carbons (Fsp3) is 0.150. The number of rotatable bonds is 4. The molecule has 0 aliphatic carbocycles. The average Bonchev–Trinajstić information content (AvgIpc) is 3.63. The van der Waals surface area contributed by atoms with Crippen LogP contribution in [0.5, 0.6) is 0 Å². The van der Waals surface area contributed by atoms with Gasteiger partial charge in [0.05, 0.1) is 16.1 Å². The second-order valence-electron chi connectivity index (χ2n) is 13.7. The summed E-state index contributed by atoms with van der Waals surface area (Å²) in [5, 5.41) is 7.25. The fourth-order valence-corrected chi connectivity index (χ4v) is 8.34. The smallest absolute Gasteiger partial charge is 0.134 e. The zero-order chi connectivity index (χ0) is 32.1. The summed E-state index contributed by atoms with van der Waals surface area (Å²) < 4.78 is 12.4. The topological polar surface area (TPSA) is 52.1 Å². The number of aromatic nitrogens is 2. The Morgan fingerprint density at radius 3 is 1.69 bits per heavy atom. The van der Waals surface area contributed by atoms with Crippen molar-refractivity contribution >= 4 is 70.5 Å². The van der Waals surface area contributed by atoms with E-state index in [9.17, 15) is 0 Å². The molecule has 48 heavy (non-hydrogen) atoms. The van der Waals surface area contributed by atoms with Crippen molar-refractivity contribution in [1.82, 2.24) is 9.97 Å². The van der Waals surface area contributed by atoms with Gasteiger partial charge in [0.2, 0.25) is 0 Å². The van der Waals surface area contributed by atoms with Crippen LogP contribution in [0.1, 0.15) is 0 Å². The number of furan rings is 2. The van der Waals surface area contributed by atoms with Crippen LogP contribution >= 0.6 is 0 Å². The summed E-state index contributed by atoms with van der Waals surface area (Å²) in [7, 11) is -3.08. The minimum atomic E-state index is -1.54. The first kappa shape index (κ1) is 35.8. The molecule has 0 amide bonds. The molecule has 0 aliphatic rings. The molecule has 0 saturated carbocycles. The number of pyridine rings is 2. The van der Waals surface area contributed by atoms with Crippen molar-refractivity contribution in [1.29, 1.82) is 0 Å². The monoisotopic (exact) mass is 1020 g/mol. The molecule has 4 aromatic carbocycles. The predicted octanol–water partition coefficient (Wildman–Crippen LogP) is 9.98. The second-order valence-corrected chi connectivity index (χ2v) is 23.8. The normalized spacial score (nSPS) is 11.6. The van der Waals surface area contributed by atoms with Crippen LogP contribution in [0.15, 0.2) is 118 Å². The maximum atomic E-state index is 6.21. The first-order valence-corrected chi connectivity index (χ1v) is 22.7. The Labute approximate surface area is 310 Å². The summed E-state index contributed by atoms with van der Waals surface area (Å²) in [6.45, 7) is 14.0. The molecule has 4 heterocycles. The molecule has 246 valence electrons. The van der Waals surface area contributed by atoms with Crippen LogP contribution in [-0.2, 0) is 40.2 Å². The van der Waals surface area contributed by atoms with E-state index in [1.54, 1.807) is 0 Å². The van der Waals surface area contributed by atoms with Crippen molar-refractivity contribution in [3.63, 3.8) is 0 Å². The molecule has 8 heteroatoms. The van der Waals surface area contributed by atoms with Gasteiger partial charge in [0.15, 0.2) is 0 Å². The van der Waals surface area contributed by atoms with Crippen molar-refractivity contribution in [2.75, 3.05) is 0 Å². The van der Waals surface area contributed by atoms with Crippen LogP contribution in [0, 0.1) is 12.1 Å². The second kappa shape index (κ2) is 14.2. The molecular formula is C40H36Ir2N2O2Si2-2. The Morgan fingerprint density at radius 2 is 1.10 bits per heavy atom. The minimum Gasteiger partial charge on any atom is -0.464 e. The fourth-order valence-electron chi connectivity index (χ4n) is 5.87. The Balaban J connectivity index is 0.000000180. The van der Waals surface area contributed by atoms with Crippen LogP contribution in [0.2, 0.25) is 39.3 Å². The van der Waals surface area contributed by atoms with E-state index in [1.165, 1.54) is 21.3 Å². The summed E-state index contributed by atoms with van der Waals surface area (Å²) in [6.07, 6.45) is 2.05. The van der Waals surface area contributed by atoms with E-state index in [-0.39, 0.29) is 40.2 Å². The number of fused-ring (bicyclic) bond motifs is 6. The van der Waals surface area contributed by atoms with Crippen molar-refractivity contribution in [2.24, 2.45) is 0 Å². The van der Waals surface area contributed by atoms with Gasteiger partial charge in [-0.25, -0.2) is 0 Å². The number of para-hydroxylation sites is 2. The predicted molar refractivity (Wildman–Crippen MR) is 198 cm³/mol. The summed E-state index contributed by atoms with van der Waals surface area (Å²) in [6, 6.07) is 41.1. The zero-order valence-electron chi connectivity index (χ0n) is 27.8. The summed E-state index contributed by atoms with van der Waals surface area (Å²) in [5.74, 6) is 0. The maximum absolute atomic E-state index is 6.21. The largest absolute Gasteiger partial charge is 0.464 e. The molecule has 0 fully saturated rings. The third-order valence-corrected chi connectivity index (χ3v) is 12.1. The van der Waals surface area contributed by atoms with Crippen molar-refractivity contribution in [3.8, 4) is 22.5 Å². The van der Waals surface area contributed by atoms with Gasteiger partial charge in [-0.3, -0.25) is 0 Å². The third-order valence-electron chi connectivity index (χ3n) is 8.27. The van der Waals surface area contributed by atoms with Crippen LogP contribution in [0.25, 0.3) is 66.4 Å². The Kier molecular flexibility index (Phi) is 10.6. The first-order valence-electron chi connectivity index (χ1n) is 15.7. The Morgan fingerprint density at radius 1 is 0.562 bits per heavy atom. The summed E-state index contributed by atoms with van der Waals surface area (Å²) in [4.78, 5) is 9.72. The van der Waals surface area contributed by atoms with Gasteiger partial charge in [-0.05, 0) is 23.4 Å². The molecule has 4 aromatic heterocycles. The Hall–Kier alpha value is -3.49. The molecule has 8 rings (SSSR count). The van der Waals surface area contributed by atoms with Crippen LogP contribution < -0.4 is 10.5 Å². The quantitative estimate of drug-likeness (QED) is 0.130. The van der Waals surface area contributed by atoms with Crippen LogP contribution in [0.3, 0.4) is 0 Å². The van der Waals surface area contributed by atoms with Gasteiger partial charge in [-0.15, -0.1) is 71.8 Å². The summed E-state index contributed by atoms with van der Waals surface area (Å²) in [5.41, 5.74) is 7.30. The van der Waals surface area contributed by atoms with E-state index in [1.807, 2.05) is 79.0 Å². The first-order chi connectivity index (χ1) is 22.1. The maximum Gasteiger partial charge on any atom is 0.134 e. The molecular weight excluding hydrogens is 981 g/mol. The van der Waals surface area contributed by atoms with Crippen molar-refractivity contribution < 1.29 is 49.0 Å². The molecule has 0 unspecified atom stereocenters. The number of nitrogens with zero attached hydrogens (tertiary/aromatic N) is 2. The Bertz CT molecular complexity index is 2340. The van der Waals surface area contributed by atoms with E-state index >= 15 is 0 Å². The average molecular weight is 1020 g/mol. The van der Waals surface area contributed by atoms with Gasteiger partial charge in [0.1, 0.15) is 22.3 Å². The minimum absolute atomic E-state index is 0. The van der Waals surface area contributed by atoms with Crippen molar-refractivity contribution in [2.45, 2.75) is 39.3 Å². The SMILES string of the molecule is C[Si](C)(C)c1cc2c(oc3ccccc32)c(-c2[c-]cccc2)n1.C[Si](C)(C)c1cnc(-c2[c-]cccc2)c2oc3ccccc3c12.[Ir].[Ir]. The third kappa shape index (κ3) is 6.84. The molecule has 0 spiro atoms. The molecule has 0 saturated heterocycles. The van der Waals surface area contributed by atoms with E-state index in [0.29, 0.717) is 0 Å². The molecule has 0 atom stereocenters. The molecule has 0 N–H and O–H groups in total. The van der Waals surface area contributed by atoms with E-state index < -0.39 is 16.1 Å². The van der Waals surface area contributed by atoms with Gasteiger partial charge in [0, 0.05) is 84.7 Å².